The average molecular weight is 325 g/mol. The lowest BCUT2D eigenvalue weighted by molar-refractivity contribution is 0.0526. The van der Waals surface area contributed by atoms with Crippen molar-refractivity contribution in [2.24, 2.45) is 0 Å². The molecule has 0 saturated heterocycles. The van der Waals surface area contributed by atoms with E-state index in [1.807, 2.05) is 6.07 Å². The van der Waals surface area contributed by atoms with Gasteiger partial charge in [0, 0.05) is 5.56 Å². The Balaban J connectivity index is 2.42. The van der Waals surface area contributed by atoms with Crippen molar-refractivity contribution in [3.05, 3.63) is 38.9 Å². The van der Waals surface area contributed by atoms with Gasteiger partial charge in [-0.15, -0.1) is 0 Å². The molecule has 0 unspecified atom stereocenters. The number of ether oxygens (including phenoxy) is 2. The van der Waals surface area contributed by atoms with Crippen LogP contribution in [0.4, 0.5) is 0 Å². The van der Waals surface area contributed by atoms with Crippen LogP contribution in [0.2, 0.25) is 0 Å². The van der Waals surface area contributed by atoms with Gasteiger partial charge in [0.15, 0.2) is 0 Å². The molecule has 0 aromatic heterocycles. The van der Waals surface area contributed by atoms with Crippen LogP contribution in [0.25, 0.3) is 0 Å². The highest BCUT2D eigenvalue weighted by atomic mass is 79.9. The summed E-state index contributed by atoms with van der Waals surface area (Å²) < 4.78 is 11.6. The number of benzene rings is 1. The summed E-state index contributed by atoms with van der Waals surface area (Å²) in [5.74, 6) is 0.526. The van der Waals surface area contributed by atoms with Crippen LogP contribution in [0, 0.1) is 0 Å². The highest BCUT2D eigenvalue weighted by molar-refractivity contribution is 9.10. The van der Waals surface area contributed by atoms with Crippen molar-refractivity contribution >= 4 is 21.9 Å². The van der Waals surface area contributed by atoms with Crippen molar-refractivity contribution in [2.45, 2.75) is 27.2 Å². The van der Waals surface area contributed by atoms with Crippen molar-refractivity contribution in [1.29, 1.82) is 0 Å². The number of halogens is 1. The van der Waals surface area contributed by atoms with E-state index in [0.29, 0.717) is 18.8 Å². The lowest BCUT2D eigenvalue weighted by Crippen LogP contribution is -2.06. The average Bonchev–Trinajstić information content (AvgIpc) is 2.50. The highest BCUT2D eigenvalue weighted by Crippen LogP contribution is 2.35. The molecule has 2 rings (SSSR count). The first-order valence-corrected chi connectivity index (χ1v) is 7.09. The third-order valence-electron chi connectivity index (χ3n) is 3.25. The van der Waals surface area contributed by atoms with Crippen LogP contribution in [0.15, 0.2) is 27.8 Å². The molecule has 0 saturated carbocycles. The van der Waals surface area contributed by atoms with Crippen molar-refractivity contribution in [3.8, 4) is 5.75 Å². The Morgan fingerprint density at radius 2 is 2.11 bits per heavy atom. The van der Waals surface area contributed by atoms with Crippen molar-refractivity contribution < 1.29 is 14.3 Å². The molecule has 1 heterocycles. The Hall–Kier alpha value is -1.29. The summed E-state index contributed by atoms with van der Waals surface area (Å²) in [6.07, 6.45) is 0.799. The van der Waals surface area contributed by atoms with Gasteiger partial charge in [0.25, 0.3) is 0 Å². The summed E-state index contributed by atoms with van der Waals surface area (Å²) in [4.78, 5) is 11.8. The Morgan fingerprint density at radius 3 is 2.79 bits per heavy atom. The first kappa shape index (κ1) is 14.1. The van der Waals surface area contributed by atoms with E-state index < -0.39 is 0 Å². The normalized spacial score (nSPS) is 14.5. The molecule has 0 atom stereocenters. The molecule has 102 valence electrons. The maximum atomic E-state index is 11.8. The number of hydrogen-bond acceptors (Lipinski definition) is 3. The molecule has 0 bridgehead atoms. The Labute approximate surface area is 121 Å². The third kappa shape index (κ3) is 3.00. The Morgan fingerprint density at radius 1 is 1.37 bits per heavy atom. The van der Waals surface area contributed by atoms with Crippen molar-refractivity contribution in [3.63, 3.8) is 0 Å². The maximum absolute atomic E-state index is 11.8. The summed E-state index contributed by atoms with van der Waals surface area (Å²) in [5, 5.41) is 0. The molecule has 0 spiro atoms. The second-order valence-corrected chi connectivity index (χ2v) is 5.55. The zero-order chi connectivity index (χ0) is 14.0. The minimum atomic E-state index is -0.298. The van der Waals surface area contributed by atoms with Gasteiger partial charge in [-0.25, -0.2) is 4.79 Å². The SMILES string of the molecule is CCOC(=O)c1cc(Br)c2c(c1)CC(C)=C(C)CO2. The summed E-state index contributed by atoms with van der Waals surface area (Å²) in [5.41, 5.74) is 4.10. The van der Waals surface area contributed by atoms with E-state index in [4.69, 9.17) is 9.47 Å². The summed E-state index contributed by atoms with van der Waals surface area (Å²) >= 11 is 3.48. The van der Waals surface area contributed by atoms with E-state index in [1.165, 1.54) is 11.1 Å². The van der Waals surface area contributed by atoms with Gasteiger partial charge in [-0.2, -0.15) is 0 Å². The standard InChI is InChI=1S/C15H17BrO3/c1-4-18-15(17)12-6-11-5-9(2)10(3)8-19-14(11)13(16)7-12/h6-7H,4-5,8H2,1-3H3. The van der Waals surface area contributed by atoms with Gasteiger partial charge < -0.3 is 9.47 Å². The van der Waals surface area contributed by atoms with Gasteiger partial charge in [0.05, 0.1) is 16.6 Å². The maximum Gasteiger partial charge on any atom is 0.338 e. The summed E-state index contributed by atoms with van der Waals surface area (Å²) in [6.45, 7) is 6.94. The molecule has 0 N–H and O–H groups in total. The minimum absolute atomic E-state index is 0.298. The molecule has 1 aliphatic rings. The lowest BCUT2D eigenvalue weighted by atomic mass is 10.0. The molecule has 1 aliphatic heterocycles. The van der Waals surface area contributed by atoms with Crippen LogP contribution in [0.1, 0.15) is 36.7 Å². The molecule has 3 nitrogen and oxygen atoms in total. The van der Waals surface area contributed by atoms with E-state index >= 15 is 0 Å². The van der Waals surface area contributed by atoms with E-state index in [-0.39, 0.29) is 5.97 Å². The Bertz CT molecular complexity index is 547. The van der Waals surface area contributed by atoms with E-state index in [1.54, 1.807) is 13.0 Å². The molecule has 4 heteroatoms. The monoisotopic (exact) mass is 324 g/mol. The molecule has 1 aromatic carbocycles. The molecule has 0 fully saturated rings. The van der Waals surface area contributed by atoms with Crippen LogP contribution < -0.4 is 4.74 Å². The number of hydrogen-bond donors (Lipinski definition) is 0. The van der Waals surface area contributed by atoms with Gasteiger partial charge in [0.1, 0.15) is 12.4 Å². The number of carbonyl (C=O) groups is 1. The van der Waals surface area contributed by atoms with Crippen LogP contribution in [-0.2, 0) is 11.2 Å². The highest BCUT2D eigenvalue weighted by Gasteiger charge is 2.18. The number of rotatable bonds is 2. The van der Waals surface area contributed by atoms with Crippen LogP contribution >= 0.6 is 15.9 Å². The third-order valence-corrected chi connectivity index (χ3v) is 3.84. The topological polar surface area (TPSA) is 35.5 Å². The van der Waals surface area contributed by atoms with Gasteiger partial charge in [-0.3, -0.25) is 0 Å². The van der Waals surface area contributed by atoms with Crippen LogP contribution in [0.5, 0.6) is 5.75 Å². The molecular weight excluding hydrogens is 308 g/mol. The van der Waals surface area contributed by atoms with Gasteiger partial charge in [0.2, 0.25) is 0 Å². The fourth-order valence-electron chi connectivity index (χ4n) is 2.02. The van der Waals surface area contributed by atoms with E-state index in [9.17, 15) is 4.79 Å². The molecule has 0 amide bonds. The lowest BCUT2D eigenvalue weighted by Gasteiger charge is -2.12. The van der Waals surface area contributed by atoms with E-state index in [2.05, 4.69) is 29.8 Å². The smallest absolute Gasteiger partial charge is 0.338 e. The quantitative estimate of drug-likeness (QED) is 0.611. The van der Waals surface area contributed by atoms with Gasteiger partial charge in [-0.1, -0.05) is 5.57 Å². The Kier molecular flexibility index (Phi) is 4.30. The van der Waals surface area contributed by atoms with Gasteiger partial charge >= 0.3 is 5.97 Å². The first-order chi connectivity index (χ1) is 9.02. The van der Waals surface area contributed by atoms with Crippen LogP contribution in [0.3, 0.4) is 0 Å². The largest absolute Gasteiger partial charge is 0.488 e. The van der Waals surface area contributed by atoms with Gasteiger partial charge in [-0.05, 0) is 60.8 Å². The first-order valence-electron chi connectivity index (χ1n) is 6.30. The zero-order valence-electron chi connectivity index (χ0n) is 11.4. The zero-order valence-corrected chi connectivity index (χ0v) is 13.0. The second kappa shape index (κ2) is 5.78. The number of carbonyl (C=O) groups excluding carboxylic acids is 1. The fraction of sp³-hybridized carbons (Fsp3) is 0.400. The number of fused-ring (bicyclic) bond motifs is 1. The van der Waals surface area contributed by atoms with Crippen LogP contribution in [-0.4, -0.2) is 19.2 Å². The second-order valence-electron chi connectivity index (χ2n) is 4.69. The number of allylic oxidation sites excluding steroid dienone is 1. The van der Waals surface area contributed by atoms with Crippen molar-refractivity contribution in [2.75, 3.05) is 13.2 Å². The molecule has 1 aromatic rings. The molecular formula is C15H17BrO3. The van der Waals surface area contributed by atoms with Crippen molar-refractivity contribution in [1.82, 2.24) is 0 Å². The van der Waals surface area contributed by atoms with E-state index in [0.717, 1.165) is 22.2 Å². The predicted octanol–water partition coefficient (Wildman–Crippen LogP) is 3.90. The number of esters is 1. The molecule has 0 aliphatic carbocycles. The molecule has 19 heavy (non-hydrogen) atoms. The molecule has 0 radical (unpaired) electrons. The fourth-order valence-corrected chi connectivity index (χ4v) is 2.63. The minimum Gasteiger partial charge on any atom is -0.488 e. The summed E-state index contributed by atoms with van der Waals surface area (Å²) in [6, 6.07) is 3.62. The summed E-state index contributed by atoms with van der Waals surface area (Å²) in [7, 11) is 0. The predicted molar refractivity (Wildman–Crippen MR) is 77.7 cm³/mol.